The Hall–Kier alpha value is -2.53. The first kappa shape index (κ1) is 25.7. The van der Waals surface area contributed by atoms with E-state index in [4.69, 9.17) is 25.6 Å². The molecule has 0 aliphatic heterocycles. The summed E-state index contributed by atoms with van der Waals surface area (Å²) in [6.07, 6.45) is 0.559. The maximum atomic E-state index is 6.03. The summed E-state index contributed by atoms with van der Waals surface area (Å²) in [5.41, 5.74) is 1.78. The maximum Gasteiger partial charge on any atom is 0.228 e. The highest BCUT2D eigenvalue weighted by atomic mass is 127. The van der Waals surface area contributed by atoms with Gasteiger partial charge in [0.2, 0.25) is 11.7 Å². The molecule has 8 nitrogen and oxygen atoms in total. The van der Waals surface area contributed by atoms with Crippen molar-refractivity contribution in [1.29, 1.82) is 0 Å². The van der Waals surface area contributed by atoms with Gasteiger partial charge in [-0.2, -0.15) is 4.98 Å². The molecule has 2 N–H and O–H groups in total. The molecule has 0 saturated carbocycles. The van der Waals surface area contributed by atoms with Gasteiger partial charge in [0, 0.05) is 41.7 Å². The van der Waals surface area contributed by atoms with Gasteiger partial charge in [-0.15, -0.1) is 24.0 Å². The van der Waals surface area contributed by atoms with Gasteiger partial charge in [0.25, 0.3) is 0 Å². The monoisotopic (exact) mass is 571 g/mol. The summed E-state index contributed by atoms with van der Waals surface area (Å²) in [5.74, 6) is 3.22. The molecule has 0 aliphatic rings. The molecule has 2 aromatic carbocycles. The Balaban J connectivity index is 0.00000363. The fourth-order valence-electron chi connectivity index (χ4n) is 2.88. The molecule has 0 spiro atoms. The van der Waals surface area contributed by atoms with Crippen LogP contribution in [0.1, 0.15) is 18.4 Å². The number of methoxy groups -OCH3 is 2. The van der Waals surface area contributed by atoms with Crippen molar-refractivity contribution in [3.63, 3.8) is 0 Å². The fraction of sp³-hybridized carbons (Fsp3) is 0.318. The van der Waals surface area contributed by atoms with Crippen LogP contribution in [-0.4, -0.2) is 43.4 Å². The van der Waals surface area contributed by atoms with Gasteiger partial charge in [-0.3, -0.25) is 0 Å². The van der Waals surface area contributed by atoms with Crippen molar-refractivity contribution < 1.29 is 14.0 Å². The first-order valence-electron chi connectivity index (χ1n) is 9.94. The van der Waals surface area contributed by atoms with E-state index in [0.717, 1.165) is 29.2 Å². The average Bonchev–Trinajstić information content (AvgIpc) is 3.26. The second-order valence-electron chi connectivity index (χ2n) is 6.57. The summed E-state index contributed by atoms with van der Waals surface area (Å²) in [6.45, 7) is 3.80. The van der Waals surface area contributed by atoms with E-state index in [1.807, 2.05) is 37.3 Å². The molecule has 1 aromatic heterocycles. The molecule has 3 rings (SSSR count). The van der Waals surface area contributed by atoms with Gasteiger partial charge >= 0.3 is 0 Å². The highest BCUT2D eigenvalue weighted by Crippen LogP contribution is 2.25. The number of hydrogen-bond donors (Lipinski definition) is 2. The Bertz CT molecular complexity index is 1030. The van der Waals surface area contributed by atoms with Crippen LogP contribution in [0.5, 0.6) is 11.5 Å². The Kier molecular flexibility index (Phi) is 10.5. The zero-order valence-corrected chi connectivity index (χ0v) is 21.3. The van der Waals surface area contributed by atoms with Crippen LogP contribution in [0.2, 0.25) is 5.02 Å². The Morgan fingerprint density at radius 2 is 1.97 bits per heavy atom. The van der Waals surface area contributed by atoms with Crippen molar-refractivity contribution in [2.24, 2.45) is 4.99 Å². The Labute approximate surface area is 209 Å². The van der Waals surface area contributed by atoms with E-state index in [9.17, 15) is 0 Å². The second kappa shape index (κ2) is 13.1. The lowest BCUT2D eigenvalue weighted by molar-refractivity contribution is 0.378. The molecule has 0 atom stereocenters. The number of rotatable bonds is 9. The lowest BCUT2D eigenvalue weighted by Crippen LogP contribution is -2.38. The van der Waals surface area contributed by atoms with Crippen LogP contribution in [0, 0.1) is 0 Å². The minimum absolute atomic E-state index is 0. The van der Waals surface area contributed by atoms with Crippen molar-refractivity contribution in [1.82, 2.24) is 20.8 Å². The summed E-state index contributed by atoms with van der Waals surface area (Å²) < 4.78 is 16.0. The predicted molar refractivity (Wildman–Crippen MR) is 136 cm³/mol. The smallest absolute Gasteiger partial charge is 0.228 e. The zero-order valence-electron chi connectivity index (χ0n) is 18.2. The molecule has 172 valence electrons. The number of aromatic nitrogens is 2. The molecule has 0 bridgehead atoms. The Morgan fingerprint density at radius 3 is 2.69 bits per heavy atom. The fourth-order valence-corrected chi connectivity index (χ4v) is 3.07. The number of guanidine groups is 1. The molecule has 0 aliphatic carbocycles. The van der Waals surface area contributed by atoms with E-state index in [-0.39, 0.29) is 24.0 Å². The van der Waals surface area contributed by atoms with Crippen molar-refractivity contribution >= 4 is 41.5 Å². The number of nitrogens with zero attached hydrogens (tertiary/aromatic N) is 3. The topological polar surface area (TPSA) is 93.8 Å². The lowest BCUT2D eigenvalue weighted by Gasteiger charge is -2.12. The third kappa shape index (κ3) is 7.27. The van der Waals surface area contributed by atoms with Gasteiger partial charge in [-0.1, -0.05) is 28.9 Å². The molecular formula is C22H27ClIN5O3. The molecule has 0 radical (unpaired) electrons. The molecular weight excluding hydrogens is 545 g/mol. The second-order valence-corrected chi connectivity index (χ2v) is 7.01. The SMILES string of the molecule is CCNC(=NCc1ccc(OC)cc1OC)NCCc1nc(-c2cccc(Cl)c2)no1.I. The maximum absolute atomic E-state index is 6.03. The number of halogens is 2. The summed E-state index contributed by atoms with van der Waals surface area (Å²) in [4.78, 5) is 9.07. The third-order valence-electron chi connectivity index (χ3n) is 4.43. The largest absolute Gasteiger partial charge is 0.497 e. The van der Waals surface area contributed by atoms with Crippen molar-refractivity contribution in [3.05, 3.63) is 58.9 Å². The predicted octanol–water partition coefficient (Wildman–Crippen LogP) is 4.32. The number of hydrogen-bond acceptors (Lipinski definition) is 6. The zero-order chi connectivity index (χ0) is 22.1. The molecule has 0 amide bonds. The molecule has 0 fully saturated rings. The van der Waals surface area contributed by atoms with Crippen molar-refractivity contribution in [2.75, 3.05) is 27.3 Å². The van der Waals surface area contributed by atoms with E-state index < -0.39 is 0 Å². The van der Waals surface area contributed by atoms with Crippen molar-refractivity contribution in [2.45, 2.75) is 19.9 Å². The van der Waals surface area contributed by atoms with Crippen LogP contribution < -0.4 is 20.1 Å². The molecule has 10 heteroatoms. The number of benzene rings is 2. The van der Waals surface area contributed by atoms with Gasteiger partial charge < -0.3 is 24.6 Å². The highest BCUT2D eigenvalue weighted by molar-refractivity contribution is 14.0. The summed E-state index contributed by atoms with van der Waals surface area (Å²) in [7, 11) is 3.26. The first-order valence-corrected chi connectivity index (χ1v) is 10.3. The summed E-state index contributed by atoms with van der Waals surface area (Å²) >= 11 is 6.03. The minimum atomic E-state index is 0. The first-order chi connectivity index (χ1) is 15.1. The number of aliphatic imine (C=N–C) groups is 1. The van der Waals surface area contributed by atoms with Gasteiger partial charge in [-0.25, -0.2) is 4.99 Å². The average molecular weight is 572 g/mol. The number of nitrogens with one attached hydrogen (secondary N) is 2. The van der Waals surface area contributed by atoms with Crippen LogP contribution in [0.25, 0.3) is 11.4 Å². The van der Waals surface area contributed by atoms with Crippen LogP contribution >= 0.6 is 35.6 Å². The molecule has 1 heterocycles. The van der Waals surface area contributed by atoms with Gasteiger partial charge in [0.05, 0.1) is 20.8 Å². The third-order valence-corrected chi connectivity index (χ3v) is 4.66. The van der Waals surface area contributed by atoms with Gasteiger partial charge in [0.15, 0.2) is 5.96 Å². The van der Waals surface area contributed by atoms with E-state index >= 15 is 0 Å². The van der Waals surface area contributed by atoms with E-state index in [1.165, 1.54) is 0 Å². The molecule has 0 unspecified atom stereocenters. The highest BCUT2D eigenvalue weighted by Gasteiger charge is 2.10. The quantitative estimate of drug-likeness (QED) is 0.224. The van der Waals surface area contributed by atoms with Gasteiger partial charge in [0.1, 0.15) is 11.5 Å². The molecule has 0 saturated heterocycles. The minimum Gasteiger partial charge on any atom is -0.497 e. The van der Waals surface area contributed by atoms with E-state index in [2.05, 4.69) is 25.8 Å². The van der Waals surface area contributed by atoms with Crippen LogP contribution in [0.3, 0.4) is 0 Å². The Morgan fingerprint density at radius 1 is 1.12 bits per heavy atom. The number of ether oxygens (including phenoxy) is 2. The standard InChI is InChI=1S/C22H26ClN5O3.HI/c1-4-24-22(26-14-16-8-9-18(29-2)13-19(16)30-3)25-11-10-20-27-21(28-31-20)15-6-5-7-17(23)12-15;/h5-9,12-13H,4,10-11,14H2,1-3H3,(H2,24,25,26);1H. The lowest BCUT2D eigenvalue weighted by atomic mass is 10.2. The van der Waals surface area contributed by atoms with Crippen LogP contribution in [-0.2, 0) is 13.0 Å². The van der Waals surface area contributed by atoms with E-state index in [1.54, 1.807) is 26.4 Å². The summed E-state index contributed by atoms with van der Waals surface area (Å²) in [6, 6.07) is 13.0. The molecule has 3 aromatic rings. The van der Waals surface area contributed by atoms with Crippen LogP contribution in [0.15, 0.2) is 52.0 Å². The molecule has 32 heavy (non-hydrogen) atoms. The van der Waals surface area contributed by atoms with E-state index in [0.29, 0.717) is 42.2 Å². The normalized spacial score (nSPS) is 10.9. The van der Waals surface area contributed by atoms with Gasteiger partial charge in [-0.05, 0) is 31.2 Å². The van der Waals surface area contributed by atoms with Crippen LogP contribution in [0.4, 0.5) is 0 Å². The van der Waals surface area contributed by atoms with Crippen molar-refractivity contribution in [3.8, 4) is 22.9 Å². The summed E-state index contributed by atoms with van der Waals surface area (Å²) in [5, 5.41) is 11.2.